The molecule has 114 valence electrons. The Balaban J connectivity index is 0.000001000. The van der Waals surface area contributed by atoms with Crippen LogP contribution in [0.1, 0.15) is 30.9 Å². The third-order valence-corrected chi connectivity index (χ3v) is 4.83. The number of piperazine rings is 1. The Kier molecular flexibility index (Phi) is 7.84. The van der Waals surface area contributed by atoms with Gasteiger partial charge in [0.25, 0.3) is 0 Å². The highest BCUT2D eigenvalue weighted by atomic mass is 79.9. The summed E-state index contributed by atoms with van der Waals surface area (Å²) < 4.78 is 1.27. The molecule has 0 unspecified atom stereocenters. The van der Waals surface area contributed by atoms with Crippen molar-refractivity contribution in [3.05, 3.63) is 34.3 Å². The van der Waals surface area contributed by atoms with Gasteiger partial charge < -0.3 is 5.32 Å². The zero-order valence-electron chi connectivity index (χ0n) is 11.6. The molecule has 0 aromatic heterocycles. The molecule has 1 heterocycles. The van der Waals surface area contributed by atoms with Crippen molar-refractivity contribution in [1.29, 1.82) is 0 Å². The van der Waals surface area contributed by atoms with Crippen molar-refractivity contribution in [2.45, 2.75) is 25.3 Å². The second kappa shape index (κ2) is 8.60. The van der Waals surface area contributed by atoms with Gasteiger partial charge in [0.15, 0.2) is 0 Å². The first-order chi connectivity index (χ1) is 8.84. The first kappa shape index (κ1) is 18.2. The van der Waals surface area contributed by atoms with Gasteiger partial charge in [0.05, 0.1) is 0 Å². The molecule has 1 atom stereocenters. The van der Waals surface area contributed by atoms with Crippen LogP contribution in [-0.4, -0.2) is 31.1 Å². The van der Waals surface area contributed by atoms with E-state index in [4.69, 9.17) is 0 Å². The smallest absolute Gasteiger partial charge is 0.0363 e. The lowest BCUT2D eigenvalue weighted by molar-refractivity contribution is 0.160. The Labute approximate surface area is 142 Å². The van der Waals surface area contributed by atoms with Gasteiger partial charge in [-0.05, 0) is 24.0 Å². The SMILES string of the molecule is Brc1ccccc1[C@@H](CC1CC1)N1CCNCC1.Cl.Cl. The molecule has 1 saturated carbocycles. The molecule has 1 aliphatic heterocycles. The maximum Gasteiger partial charge on any atom is 0.0363 e. The predicted molar refractivity (Wildman–Crippen MR) is 93.2 cm³/mol. The minimum atomic E-state index is 0. The molecule has 0 spiro atoms. The summed E-state index contributed by atoms with van der Waals surface area (Å²) in [6, 6.07) is 9.35. The molecule has 0 amide bonds. The number of hydrogen-bond acceptors (Lipinski definition) is 2. The molecule has 1 aliphatic carbocycles. The molecule has 1 N–H and O–H groups in total. The Morgan fingerprint density at radius 2 is 1.80 bits per heavy atom. The molecule has 2 aliphatic rings. The van der Waals surface area contributed by atoms with E-state index in [9.17, 15) is 0 Å². The molecule has 0 bridgehead atoms. The van der Waals surface area contributed by atoms with Gasteiger partial charge in [0.2, 0.25) is 0 Å². The van der Waals surface area contributed by atoms with Crippen molar-refractivity contribution in [2.75, 3.05) is 26.2 Å². The van der Waals surface area contributed by atoms with Gasteiger partial charge in [-0.1, -0.05) is 47.0 Å². The van der Waals surface area contributed by atoms with Crippen LogP contribution in [-0.2, 0) is 0 Å². The van der Waals surface area contributed by atoms with Crippen LogP contribution >= 0.6 is 40.7 Å². The van der Waals surface area contributed by atoms with Crippen molar-refractivity contribution in [2.24, 2.45) is 5.92 Å². The van der Waals surface area contributed by atoms with Gasteiger partial charge in [-0.3, -0.25) is 4.90 Å². The topological polar surface area (TPSA) is 15.3 Å². The molecular weight excluding hydrogens is 359 g/mol. The monoisotopic (exact) mass is 380 g/mol. The summed E-state index contributed by atoms with van der Waals surface area (Å²) in [5.41, 5.74) is 1.48. The second-order valence-corrected chi connectivity index (χ2v) is 6.36. The zero-order chi connectivity index (χ0) is 12.4. The molecule has 0 radical (unpaired) electrons. The largest absolute Gasteiger partial charge is 0.314 e. The van der Waals surface area contributed by atoms with E-state index in [0.717, 1.165) is 19.0 Å². The molecule has 1 saturated heterocycles. The van der Waals surface area contributed by atoms with E-state index in [1.807, 2.05) is 0 Å². The van der Waals surface area contributed by atoms with Crippen LogP contribution in [0.2, 0.25) is 0 Å². The molecule has 3 rings (SSSR count). The van der Waals surface area contributed by atoms with Gasteiger partial charge in [-0.15, -0.1) is 24.8 Å². The quantitative estimate of drug-likeness (QED) is 0.846. The normalized spacial score (nSPS) is 20.6. The molecule has 2 nitrogen and oxygen atoms in total. The number of benzene rings is 1. The van der Waals surface area contributed by atoms with E-state index in [-0.39, 0.29) is 24.8 Å². The van der Waals surface area contributed by atoms with Crippen LogP contribution in [0.15, 0.2) is 28.7 Å². The second-order valence-electron chi connectivity index (χ2n) is 5.50. The van der Waals surface area contributed by atoms with Gasteiger partial charge in [-0.2, -0.15) is 0 Å². The van der Waals surface area contributed by atoms with E-state index in [1.54, 1.807) is 0 Å². The zero-order valence-corrected chi connectivity index (χ0v) is 14.8. The summed E-state index contributed by atoms with van der Waals surface area (Å²) in [5.74, 6) is 0.969. The number of rotatable bonds is 4. The maximum atomic E-state index is 3.73. The molecule has 2 fully saturated rings. The van der Waals surface area contributed by atoms with Gasteiger partial charge in [0.1, 0.15) is 0 Å². The minimum Gasteiger partial charge on any atom is -0.314 e. The first-order valence-electron chi connectivity index (χ1n) is 7.04. The number of hydrogen-bond donors (Lipinski definition) is 1. The Morgan fingerprint density at radius 3 is 2.40 bits per heavy atom. The van der Waals surface area contributed by atoms with E-state index >= 15 is 0 Å². The van der Waals surface area contributed by atoms with Crippen LogP contribution in [0.5, 0.6) is 0 Å². The lowest BCUT2D eigenvalue weighted by atomic mass is 9.99. The summed E-state index contributed by atoms with van der Waals surface area (Å²) in [4.78, 5) is 2.66. The van der Waals surface area contributed by atoms with Crippen molar-refractivity contribution in [3.63, 3.8) is 0 Å². The van der Waals surface area contributed by atoms with E-state index in [2.05, 4.69) is 50.4 Å². The predicted octanol–water partition coefficient (Wildman–Crippen LogP) is 4.04. The average Bonchev–Trinajstić information content (AvgIpc) is 3.22. The van der Waals surface area contributed by atoms with E-state index in [0.29, 0.717) is 6.04 Å². The Bertz CT molecular complexity index is 407. The summed E-state index contributed by atoms with van der Waals surface area (Å²) >= 11 is 3.73. The Morgan fingerprint density at radius 1 is 1.15 bits per heavy atom. The molecule has 1 aromatic rings. The van der Waals surface area contributed by atoms with E-state index in [1.165, 1.54) is 42.4 Å². The molecule has 5 heteroatoms. The number of halogens is 3. The lowest BCUT2D eigenvalue weighted by Gasteiger charge is -2.36. The highest BCUT2D eigenvalue weighted by Crippen LogP contribution is 2.41. The first-order valence-corrected chi connectivity index (χ1v) is 7.83. The number of nitrogens with one attached hydrogen (secondary N) is 1. The number of nitrogens with zero attached hydrogens (tertiary/aromatic N) is 1. The molecular formula is C15H23BrCl2N2. The van der Waals surface area contributed by atoms with Crippen LogP contribution in [0, 0.1) is 5.92 Å². The molecule has 1 aromatic carbocycles. The van der Waals surface area contributed by atoms with Gasteiger partial charge in [-0.25, -0.2) is 0 Å². The third-order valence-electron chi connectivity index (χ3n) is 4.11. The van der Waals surface area contributed by atoms with Gasteiger partial charge in [0, 0.05) is 36.7 Å². The summed E-state index contributed by atoms with van der Waals surface area (Å²) in [7, 11) is 0. The van der Waals surface area contributed by atoms with Crippen molar-refractivity contribution < 1.29 is 0 Å². The fourth-order valence-corrected chi connectivity index (χ4v) is 3.43. The summed E-state index contributed by atoms with van der Waals surface area (Å²) in [5, 5.41) is 3.45. The van der Waals surface area contributed by atoms with Crippen LogP contribution < -0.4 is 5.32 Å². The standard InChI is InChI=1S/C15H21BrN2.2ClH/c16-14-4-2-1-3-13(14)15(11-12-5-6-12)18-9-7-17-8-10-18;;/h1-4,12,15,17H,5-11H2;2*1H/t15-;;/m1../s1. The van der Waals surface area contributed by atoms with Crippen molar-refractivity contribution >= 4 is 40.7 Å². The maximum absolute atomic E-state index is 3.73. The third kappa shape index (κ3) is 4.60. The lowest BCUT2D eigenvalue weighted by Crippen LogP contribution is -2.45. The Hall–Kier alpha value is 0.200. The highest BCUT2D eigenvalue weighted by Gasteiger charge is 2.31. The van der Waals surface area contributed by atoms with Crippen LogP contribution in [0.25, 0.3) is 0 Å². The minimum absolute atomic E-state index is 0. The van der Waals surface area contributed by atoms with Crippen LogP contribution in [0.4, 0.5) is 0 Å². The van der Waals surface area contributed by atoms with Crippen molar-refractivity contribution in [3.8, 4) is 0 Å². The summed E-state index contributed by atoms with van der Waals surface area (Å²) in [6.07, 6.45) is 4.21. The fourth-order valence-electron chi connectivity index (χ4n) is 2.88. The average molecular weight is 382 g/mol. The van der Waals surface area contributed by atoms with E-state index < -0.39 is 0 Å². The van der Waals surface area contributed by atoms with Crippen molar-refractivity contribution in [1.82, 2.24) is 10.2 Å². The highest BCUT2D eigenvalue weighted by molar-refractivity contribution is 9.10. The molecule has 20 heavy (non-hydrogen) atoms. The fraction of sp³-hybridized carbons (Fsp3) is 0.600. The summed E-state index contributed by atoms with van der Waals surface area (Å²) in [6.45, 7) is 4.62. The van der Waals surface area contributed by atoms with Crippen LogP contribution in [0.3, 0.4) is 0 Å². The van der Waals surface area contributed by atoms with Gasteiger partial charge >= 0.3 is 0 Å².